The van der Waals surface area contributed by atoms with Crippen LogP contribution in [-0.2, 0) is 17.6 Å². The molecule has 0 fully saturated rings. The molecule has 1 aliphatic rings. The van der Waals surface area contributed by atoms with Crippen molar-refractivity contribution in [2.45, 2.75) is 25.8 Å². The smallest absolute Gasteiger partial charge is 0.227 e. The number of rotatable bonds is 4. The van der Waals surface area contributed by atoms with Crippen LogP contribution in [0.3, 0.4) is 0 Å². The summed E-state index contributed by atoms with van der Waals surface area (Å²) in [7, 11) is 3.21. The molecule has 2 aromatic rings. The fourth-order valence-electron chi connectivity index (χ4n) is 3.12. The lowest BCUT2D eigenvalue weighted by Gasteiger charge is -2.33. The fourth-order valence-corrected chi connectivity index (χ4v) is 4.08. The first-order valence-corrected chi connectivity index (χ1v) is 8.58. The molecule has 0 aliphatic carbocycles. The molecular formula is C18H21NO3S. The highest BCUT2D eigenvalue weighted by molar-refractivity contribution is 7.10. The van der Waals surface area contributed by atoms with Gasteiger partial charge in [-0.2, -0.15) is 0 Å². The van der Waals surface area contributed by atoms with Gasteiger partial charge in [0.15, 0.2) is 11.5 Å². The molecular weight excluding hydrogens is 310 g/mol. The molecule has 2 heterocycles. The van der Waals surface area contributed by atoms with Crippen molar-refractivity contribution in [1.82, 2.24) is 4.90 Å². The van der Waals surface area contributed by atoms with Crippen LogP contribution in [0.5, 0.6) is 11.5 Å². The highest BCUT2D eigenvalue weighted by Gasteiger charge is 2.28. The zero-order chi connectivity index (χ0) is 16.4. The third-order valence-corrected chi connectivity index (χ3v) is 5.40. The molecule has 1 atom stereocenters. The van der Waals surface area contributed by atoms with Crippen LogP contribution in [0.15, 0.2) is 29.6 Å². The number of fused-ring (bicyclic) bond motifs is 1. The van der Waals surface area contributed by atoms with Crippen molar-refractivity contribution in [3.63, 3.8) is 0 Å². The molecule has 1 aliphatic heterocycles. The third kappa shape index (κ3) is 3.06. The minimum Gasteiger partial charge on any atom is -0.493 e. The van der Waals surface area contributed by atoms with Crippen molar-refractivity contribution in [3.8, 4) is 11.5 Å². The molecule has 122 valence electrons. The molecule has 0 saturated carbocycles. The zero-order valence-electron chi connectivity index (χ0n) is 13.7. The lowest BCUT2D eigenvalue weighted by Crippen LogP contribution is -2.39. The summed E-state index contributed by atoms with van der Waals surface area (Å²) in [4.78, 5) is 16.1. The molecule has 1 aromatic carbocycles. The van der Waals surface area contributed by atoms with Gasteiger partial charge in [-0.3, -0.25) is 4.79 Å². The van der Waals surface area contributed by atoms with Gasteiger partial charge >= 0.3 is 0 Å². The standard InChI is InChI=1S/C18H21NO3S/c1-12-14-7-9-23-17(14)6-8-19(12)18(20)11-13-4-5-15(21-2)16(10-13)22-3/h4-5,7,9-10,12H,6,8,11H2,1-3H3/t12-/m0/s1. The fraction of sp³-hybridized carbons (Fsp3) is 0.389. The number of methoxy groups -OCH3 is 2. The van der Waals surface area contributed by atoms with Gasteiger partial charge in [0.2, 0.25) is 5.91 Å². The number of ether oxygens (including phenoxy) is 2. The van der Waals surface area contributed by atoms with Crippen LogP contribution in [0.2, 0.25) is 0 Å². The second-order valence-corrected chi connectivity index (χ2v) is 6.68. The van der Waals surface area contributed by atoms with E-state index in [4.69, 9.17) is 9.47 Å². The van der Waals surface area contributed by atoms with Gasteiger partial charge in [0, 0.05) is 11.4 Å². The van der Waals surface area contributed by atoms with Crippen LogP contribution in [0, 0.1) is 0 Å². The number of carbonyl (C=O) groups excluding carboxylic acids is 1. The van der Waals surface area contributed by atoms with Crippen LogP contribution in [0.25, 0.3) is 0 Å². The number of amides is 1. The number of hydrogen-bond donors (Lipinski definition) is 0. The summed E-state index contributed by atoms with van der Waals surface area (Å²) in [6, 6.07) is 7.93. The highest BCUT2D eigenvalue weighted by Crippen LogP contribution is 2.33. The third-order valence-electron chi connectivity index (χ3n) is 4.40. The quantitative estimate of drug-likeness (QED) is 0.861. The molecule has 0 radical (unpaired) electrons. The largest absolute Gasteiger partial charge is 0.493 e. The predicted octanol–water partition coefficient (Wildman–Crippen LogP) is 3.45. The van der Waals surface area contributed by atoms with Crippen LogP contribution in [0.4, 0.5) is 0 Å². The molecule has 3 rings (SSSR count). The molecule has 23 heavy (non-hydrogen) atoms. The first kappa shape index (κ1) is 15.9. The molecule has 0 saturated heterocycles. The Morgan fingerprint density at radius 3 is 2.78 bits per heavy atom. The Hall–Kier alpha value is -2.01. The minimum absolute atomic E-state index is 0.151. The van der Waals surface area contributed by atoms with Gasteiger partial charge in [0.1, 0.15) is 0 Å². The first-order chi connectivity index (χ1) is 11.1. The normalized spacial score (nSPS) is 16.8. The summed E-state index contributed by atoms with van der Waals surface area (Å²) < 4.78 is 10.6. The molecule has 1 aromatic heterocycles. The van der Waals surface area contributed by atoms with Crippen molar-refractivity contribution >= 4 is 17.2 Å². The van der Waals surface area contributed by atoms with Crippen LogP contribution in [0.1, 0.15) is 29.0 Å². The Labute approximate surface area is 140 Å². The van der Waals surface area contributed by atoms with Crippen molar-refractivity contribution in [2.75, 3.05) is 20.8 Å². The first-order valence-electron chi connectivity index (χ1n) is 7.70. The van der Waals surface area contributed by atoms with Crippen LogP contribution in [-0.4, -0.2) is 31.6 Å². The Kier molecular flexibility index (Phi) is 4.57. The van der Waals surface area contributed by atoms with Gasteiger partial charge < -0.3 is 14.4 Å². The van der Waals surface area contributed by atoms with Crippen molar-refractivity contribution in [1.29, 1.82) is 0 Å². The lowest BCUT2D eigenvalue weighted by atomic mass is 10.0. The van der Waals surface area contributed by atoms with Gasteiger partial charge in [-0.1, -0.05) is 6.07 Å². The van der Waals surface area contributed by atoms with Crippen LogP contribution < -0.4 is 9.47 Å². The van der Waals surface area contributed by atoms with E-state index in [0.717, 1.165) is 18.5 Å². The summed E-state index contributed by atoms with van der Waals surface area (Å²) in [6.07, 6.45) is 1.33. The maximum absolute atomic E-state index is 12.7. The van der Waals surface area contributed by atoms with Gasteiger partial charge in [0.25, 0.3) is 0 Å². The molecule has 1 amide bonds. The van der Waals surface area contributed by atoms with Crippen LogP contribution >= 0.6 is 11.3 Å². The monoisotopic (exact) mass is 331 g/mol. The molecule has 0 N–H and O–H groups in total. The van der Waals surface area contributed by atoms with Gasteiger partial charge in [0.05, 0.1) is 26.7 Å². The summed E-state index contributed by atoms with van der Waals surface area (Å²) in [5, 5.41) is 2.11. The molecule has 0 unspecified atom stereocenters. The number of benzene rings is 1. The predicted molar refractivity (Wildman–Crippen MR) is 91.4 cm³/mol. The average Bonchev–Trinajstić information content (AvgIpc) is 3.04. The Bertz CT molecular complexity index is 710. The van der Waals surface area contributed by atoms with E-state index < -0.39 is 0 Å². The molecule has 5 heteroatoms. The lowest BCUT2D eigenvalue weighted by molar-refractivity contribution is -0.133. The van der Waals surface area contributed by atoms with Gasteiger partial charge in [-0.15, -0.1) is 11.3 Å². The Morgan fingerprint density at radius 1 is 1.26 bits per heavy atom. The summed E-state index contributed by atoms with van der Waals surface area (Å²) >= 11 is 1.79. The molecule has 0 spiro atoms. The Morgan fingerprint density at radius 2 is 2.04 bits per heavy atom. The second-order valence-electron chi connectivity index (χ2n) is 5.68. The molecule has 4 nitrogen and oxygen atoms in total. The average molecular weight is 331 g/mol. The van der Waals surface area contributed by atoms with E-state index in [9.17, 15) is 4.79 Å². The minimum atomic E-state index is 0.151. The van der Waals surface area contributed by atoms with E-state index >= 15 is 0 Å². The van der Waals surface area contributed by atoms with Crippen molar-refractivity contribution in [2.24, 2.45) is 0 Å². The number of hydrogen-bond acceptors (Lipinski definition) is 4. The van der Waals surface area contributed by atoms with Gasteiger partial charge in [-0.25, -0.2) is 0 Å². The van der Waals surface area contributed by atoms with E-state index in [1.165, 1.54) is 10.4 Å². The van der Waals surface area contributed by atoms with E-state index in [1.807, 2.05) is 23.1 Å². The van der Waals surface area contributed by atoms with Crippen molar-refractivity contribution in [3.05, 3.63) is 45.6 Å². The number of carbonyl (C=O) groups is 1. The van der Waals surface area contributed by atoms with Crippen molar-refractivity contribution < 1.29 is 14.3 Å². The SMILES string of the molecule is COc1ccc(CC(=O)N2CCc3sccc3[C@@H]2C)cc1OC. The Balaban J connectivity index is 1.75. The van der Waals surface area contributed by atoms with Gasteiger partial charge in [-0.05, 0) is 48.1 Å². The maximum Gasteiger partial charge on any atom is 0.227 e. The van der Waals surface area contributed by atoms with E-state index in [0.29, 0.717) is 17.9 Å². The number of nitrogens with zero attached hydrogens (tertiary/aromatic N) is 1. The molecule has 0 bridgehead atoms. The summed E-state index contributed by atoms with van der Waals surface area (Å²) in [5.74, 6) is 1.49. The van der Waals surface area contributed by atoms with E-state index in [1.54, 1.807) is 25.6 Å². The maximum atomic E-state index is 12.7. The summed E-state index contributed by atoms with van der Waals surface area (Å²) in [6.45, 7) is 2.90. The topological polar surface area (TPSA) is 38.8 Å². The van der Waals surface area contributed by atoms with E-state index in [2.05, 4.69) is 18.4 Å². The van der Waals surface area contributed by atoms with E-state index in [-0.39, 0.29) is 11.9 Å². The number of thiophene rings is 1. The second kappa shape index (κ2) is 6.62. The summed E-state index contributed by atoms with van der Waals surface area (Å²) in [5.41, 5.74) is 2.23. The highest BCUT2D eigenvalue weighted by atomic mass is 32.1. The zero-order valence-corrected chi connectivity index (χ0v) is 14.5.